The lowest BCUT2D eigenvalue weighted by molar-refractivity contribution is 0.0697. The summed E-state index contributed by atoms with van der Waals surface area (Å²) in [5, 5.41) is 14.3. The lowest BCUT2D eigenvalue weighted by Gasteiger charge is -2.07. The second-order valence-corrected chi connectivity index (χ2v) is 7.93. The zero-order chi connectivity index (χ0) is 22.1. The first-order chi connectivity index (χ1) is 14.9. The Morgan fingerprint density at radius 1 is 1.26 bits per heavy atom. The molecule has 0 radical (unpaired) electrons. The molecule has 0 aliphatic heterocycles. The second kappa shape index (κ2) is 8.49. The Morgan fingerprint density at radius 2 is 2.06 bits per heavy atom. The van der Waals surface area contributed by atoms with Crippen LogP contribution < -0.4 is 5.56 Å². The standard InChI is InChI=1S/C22H15BrClN3O4/c1-2-20-26-18-7-4-13(23)10-16(18)21(28)27(20)25-11-14-5-8-19(31-14)15-9-12(22(29)30)3-6-17(15)24/h3-11H,2H2,1H3,(H,29,30). The predicted octanol–water partition coefficient (Wildman–Crippen LogP) is 5.22. The summed E-state index contributed by atoms with van der Waals surface area (Å²) in [7, 11) is 0. The van der Waals surface area contributed by atoms with Crippen LogP contribution in [0.4, 0.5) is 0 Å². The van der Waals surface area contributed by atoms with Crippen molar-refractivity contribution >= 4 is 50.6 Å². The van der Waals surface area contributed by atoms with Crippen molar-refractivity contribution in [1.29, 1.82) is 0 Å². The van der Waals surface area contributed by atoms with E-state index in [0.29, 0.717) is 45.3 Å². The van der Waals surface area contributed by atoms with Gasteiger partial charge >= 0.3 is 5.97 Å². The van der Waals surface area contributed by atoms with Gasteiger partial charge < -0.3 is 9.52 Å². The molecule has 0 spiro atoms. The number of carboxylic acids is 1. The monoisotopic (exact) mass is 499 g/mol. The molecule has 0 saturated carbocycles. The van der Waals surface area contributed by atoms with Crippen molar-refractivity contribution in [3.63, 3.8) is 0 Å². The first-order valence-electron chi connectivity index (χ1n) is 9.26. The maximum Gasteiger partial charge on any atom is 0.335 e. The number of halogens is 2. The van der Waals surface area contributed by atoms with Gasteiger partial charge in [-0.2, -0.15) is 9.78 Å². The zero-order valence-corrected chi connectivity index (χ0v) is 18.5. The van der Waals surface area contributed by atoms with Crippen molar-refractivity contribution in [1.82, 2.24) is 9.66 Å². The first-order valence-corrected chi connectivity index (χ1v) is 10.4. The van der Waals surface area contributed by atoms with Gasteiger partial charge in [0.05, 0.1) is 27.7 Å². The van der Waals surface area contributed by atoms with E-state index in [0.717, 1.165) is 4.47 Å². The van der Waals surface area contributed by atoms with Gasteiger partial charge in [-0.1, -0.05) is 34.5 Å². The molecule has 31 heavy (non-hydrogen) atoms. The molecule has 1 N–H and O–H groups in total. The van der Waals surface area contributed by atoms with Gasteiger partial charge in [-0.15, -0.1) is 0 Å². The molecule has 0 saturated heterocycles. The van der Waals surface area contributed by atoms with E-state index in [-0.39, 0.29) is 11.1 Å². The topological polar surface area (TPSA) is 97.7 Å². The predicted molar refractivity (Wildman–Crippen MR) is 122 cm³/mol. The molecule has 156 valence electrons. The van der Waals surface area contributed by atoms with Gasteiger partial charge in [0, 0.05) is 16.5 Å². The van der Waals surface area contributed by atoms with Crippen LogP contribution in [0.5, 0.6) is 0 Å². The molecule has 2 heterocycles. The Kier molecular flexibility index (Phi) is 5.75. The third-order valence-corrected chi connectivity index (χ3v) is 5.42. The Morgan fingerprint density at radius 3 is 2.81 bits per heavy atom. The van der Waals surface area contributed by atoms with Gasteiger partial charge in [-0.05, 0) is 48.5 Å². The summed E-state index contributed by atoms with van der Waals surface area (Å²) in [6.45, 7) is 1.89. The molecular weight excluding hydrogens is 486 g/mol. The van der Waals surface area contributed by atoms with Crippen LogP contribution in [-0.2, 0) is 6.42 Å². The maximum atomic E-state index is 12.9. The number of aromatic nitrogens is 2. The third kappa shape index (κ3) is 4.17. The van der Waals surface area contributed by atoms with Crippen LogP contribution in [0.2, 0.25) is 5.02 Å². The molecule has 0 atom stereocenters. The SMILES string of the molecule is CCc1nc2ccc(Br)cc2c(=O)n1N=Cc1ccc(-c2cc(C(=O)O)ccc2Cl)o1. The minimum atomic E-state index is -1.06. The minimum absolute atomic E-state index is 0.0959. The van der Waals surface area contributed by atoms with E-state index in [1.807, 2.05) is 13.0 Å². The molecule has 0 unspecified atom stereocenters. The molecule has 2 aromatic heterocycles. The summed E-state index contributed by atoms with van der Waals surface area (Å²) >= 11 is 9.57. The number of carboxylic acid groups (broad SMARTS) is 1. The molecule has 0 bridgehead atoms. The van der Waals surface area contributed by atoms with Gasteiger partial charge in [-0.3, -0.25) is 4.79 Å². The van der Waals surface area contributed by atoms with E-state index in [4.69, 9.17) is 16.0 Å². The summed E-state index contributed by atoms with van der Waals surface area (Å²) in [6, 6.07) is 13.0. The van der Waals surface area contributed by atoms with Crippen LogP contribution in [-0.4, -0.2) is 27.0 Å². The van der Waals surface area contributed by atoms with E-state index < -0.39 is 5.97 Å². The highest BCUT2D eigenvalue weighted by molar-refractivity contribution is 9.10. The van der Waals surface area contributed by atoms with E-state index in [9.17, 15) is 14.7 Å². The average molecular weight is 501 g/mol. The highest BCUT2D eigenvalue weighted by Gasteiger charge is 2.13. The fourth-order valence-corrected chi connectivity index (χ4v) is 3.64. The van der Waals surface area contributed by atoms with Crippen molar-refractivity contribution < 1.29 is 14.3 Å². The van der Waals surface area contributed by atoms with E-state index in [2.05, 4.69) is 26.0 Å². The summed E-state index contributed by atoms with van der Waals surface area (Å²) in [5.41, 5.74) is 0.858. The molecule has 0 aliphatic carbocycles. The van der Waals surface area contributed by atoms with Crippen LogP contribution >= 0.6 is 27.5 Å². The second-order valence-electron chi connectivity index (χ2n) is 6.61. The highest BCUT2D eigenvalue weighted by Crippen LogP contribution is 2.30. The molecular formula is C22H15BrClN3O4. The van der Waals surface area contributed by atoms with E-state index in [1.54, 1.807) is 24.3 Å². The number of hydrogen-bond donors (Lipinski definition) is 1. The summed E-state index contributed by atoms with van der Waals surface area (Å²) in [6.07, 6.45) is 1.92. The number of aryl methyl sites for hydroxylation is 1. The third-order valence-electron chi connectivity index (χ3n) is 4.60. The van der Waals surface area contributed by atoms with Crippen LogP contribution in [0.3, 0.4) is 0 Å². The number of benzene rings is 2. The molecule has 4 aromatic rings. The number of furan rings is 1. The summed E-state index contributed by atoms with van der Waals surface area (Å²) < 4.78 is 7.78. The van der Waals surface area contributed by atoms with Gasteiger partial charge in [0.25, 0.3) is 5.56 Å². The van der Waals surface area contributed by atoms with Crippen LogP contribution in [0, 0.1) is 0 Å². The van der Waals surface area contributed by atoms with Gasteiger partial charge in [-0.25, -0.2) is 9.78 Å². The smallest absolute Gasteiger partial charge is 0.335 e. The molecule has 0 aliphatic rings. The number of aromatic carboxylic acids is 1. The van der Waals surface area contributed by atoms with Crippen molar-refractivity contribution in [2.24, 2.45) is 5.10 Å². The molecule has 0 fully saturated rings. The lowest BCUT2D eigenvalue weighted by atomic mass is 10.1. The van der Waals surface area contributed by atoms with E-state index >= 15 is 0 Å². The Bertz CT molecular complexity index is 1410. The normalized spacial score (nSPS) is 11.5. The largest absolute Gasteiger partial charge is 0.478 e. The summed E-state index contributed by atoms with van der Waals surface area (Å²) in [4.78, 5) is 28.7. The molecule has 0 amide bonds. The number of rotatable bonds is 5. The highest BCUT2D eigenvalue weighted by atomic mass is 79.9. The quantitative estimate of drug-likeness (QED) is 0.379. The fraction of sp³-hybridized carbons (Fsp3) is 0.0909. The molecule has 9 heteroatoms. The van der Waals surface area contributed by atoms with E-state index in [1.165, 1.54) is 29.1 Å². The molecule has 2 aromatic carbocycles. The maximum absolute atomic E-state index is 12.9. The number of carbonyl (C=O) groups is 1. The van der Waals surface area contributed by atoms with Gasteiger partial charge in [0.15, 0.2) is 0 Å². The van der Waals surface area contributed by atoms with Crippen molar-refractivity contribution in [2.75, 3.05) is 0 Å². The van der Waals surface area contributed by atoms with Crippen LogP contribution in [0.1, 0.15) is 28.9 Å². The Labute approximate surface area is 189 Å². The molecule has 4 rings (SSSR count). The summed E-state index contributed by atoms with van der Waals surface area (Å²) in [5.74, 6) is 0.210. The minimum Gasteiger partial charge on any atom is -0.478 e. The van der Waals surface area contributed by atoms with Gasteiger partial charge in [0.1, 0.15) is 17.3 Å². The number of nitrogens with zero attached hydrogens (tertiary/aromatic N) is 3. The average Bonchev–Trinajstić information content (AvgIpc) is 3.22. The Hall–Kier alpha value is -3.23. The molecule has 7 nitrogen and oxygen atoms in total. The zero-order valence-electron chi connectivity index (χ0n) is 16.2. The lowest BCUT2D eigenvalue weighted by Crippen LogP contribution is -2.22. The fourth-order valence-electron chi connectivity index (χ4n) is 3.07. The number of fused-ring (bicyclic) bond motifs is 1. The van der Waals surface area contributed by atoms with Crippen LogP contribution in [0.15, 0.2) is 67.3 Å². The van der Waals surface area contributed by atoms with Crippen LogP contribution in [0.25, 0.3) is 22.2 Å². The van der Waals surface area contributed by atoms with Crippen molar-refractivity contribution in [2.45, 2.75) is 13.3 Å². The number of hydrogen-bond acceptors (Lipinski definition) is 5. The van der Waals surface area contributed by atoms with Gasteiger partial charge in [0.2, 0.25) is 0 Å². The first kappa shape index (κ1) is 21.0. The van der Waals surface area contributed by atoms with Crippen molar-refractivity contribution in [3.05, 3.63) is 85.5 Å². The Balaban J connectivity index is 1.73. The van der Waals surface area contributed by atoms with Crippen molar-refractivity contribution in [3.8, 4) is 11.3 Å².